The number of aliphatic carboxylic acids is 2. The fraction of sp³-hybridized carbons (Fsp3) is 0.846. The molecule has 7 nitrogen and oxygen atoms in total. The third kappa shape index (κ3) is 11.9. The fourth-order valence-corrected chi connectivity index (χ4v) is 1.66. The lowest BCUT2D eigenvalue weighted by Gasteiger charge is -2.23. The van der Waals surface area contributed by atoms with Crippen LogP contribution in [-0.2, 0) is 19.1 Å². The zero-order valence-corrected chi connectivity index (χ0v) is 12.2. The molecule has 20 heavy (non-hydrogen) atoms. The Labute approximate surface area is 119 Å². The summed E-state index contributed by atoms with van der Waals surface area (Å²) >= 11 is 0. The summed E-state index contributed by atoms with van der Waals surface area (Å²) in [5.74, 6) is -1.81. The first kappa shape index (κ1) is 18.8. The van der Waals surface area contributed by atoms with E-state index in [1.165, 1.54) is 0 Å². The van der Waals surface area contributed by atoms with E-state index in [4.69, 9.17) is 19.7 Å². The summed E-state index contributed by atoms with van der Waals surface area (Å²) in [6, 6.07) is 0. The molecule has 0 aliphatic heterocycles. The van der Waals surface area contributed by atoms with Crippen LogP contribution in [0, 0.1) is 0 Å². The lowest BCUT2D eigenvalue weighted by Crippen LogP contribution is -2.35. The van der Waals surface area contributed by atoms with Crippen LogP contribution in [-0.4, -0.2) is 73.1 Å². The molecule has 0 radical (unpaired) electrons. The van der Waals surface area contributed by atoms with E-state index in [1.807, 2.05) is 7.05 Å². The second kappa shape index (κ2) is 11.6. The molecule has 0 aromatic carbocycles. The number of nitrogens with zero attached hydrogens (tertiary/aromatic N) is 1. The quantitative estimate of drug-likeness (QED) is 0.482. The summed E-state index contributed by atoms with van der Waals surface area (Å²) in [5, 5.41) is 17.1. The molecular weight excluding hydrogens is 266 g/mol. The third-order valence-corrected chi connectivity index (χ3v) is 2.55. The molecule has 0 spiro atoms. The highest BCUT2D eigenvalue weighted by molar-refractivity contribution is 5.67. The van der Waals surface area contributed by atoms with E-state index >= 15 is 0 Å². The molecule has 0 saturated carbocycles. The van der Waals surface area contributed by atoms with E-state index in [-0.39, 0.29) is 38.8 Å². The molecule has 0 rings (SSSR count). The van der Waals surface area contributed by atoms with Crippen molar-refractivity contribution in [1.82, 2.24) is 4.90 Å². The van der Waals surface area contributed by atoms with Crippen LogP contribution < -0.4 is 0 Å². The van der Waals surface area contributed by atoms with E-state index in [0.29, 0.717) is 6.54 Å². The van der Waals surface area contributed by atoms with Crippen LogP contribution >= 0.6 is 0 Å². The van der Waals surface area contributed by atoms with Gasteiger partial charge in [-0.2, -0.15) is 0 Å². The van der Waals surface area contributed by atoms with Crippen molar-refractivity contribution in [2.24, 2.45) is 0 Å². The van der Waals surface area contributed by atoms with E-state index in [2.05, 4.69) is 11.8 Å². The molecule has 0 fully saturated rings. The van der Waals surface area contributed by atoms with Crippen molar-refractivity contribution in [2.45, 2.75) is 32.3 Å². The summed E-state index contributed by atoms with van der Waals surface area (Å²) in [6.45, 7) is 4.13. The number of likely N-dealkylation sites (N-methyl/N-ethyl adjacent to an activating group) is 1. The summed E-state index contributed by atoms with van der Waals surface area (Å²) in [6.07, 6.45) is 0.660. The topological polar surface area (TPSA) is 96.3 Å². The molecule has 7 heteroatoms. The lowest BCUT2D eigenvalue weighted by atomic mass is 10.3. The van der Waals surface area contributed by atoms with Gasteiger partial charge in [0.15, 0.2) is 0 Å². The zero-order valence-electron chi connectivity index (χ0n) is 12.2. The van der Waals surface area contributed by atoms with E-state index in [1.54, 1.807) is 0 Å². The summed E-state index contributed by atoms with van der Waals surface area (Å²) < 4.78 is 10.7. The van der Waals surface area contributed by atoms with Crippen LogP contribution in [0.15, 0.2) is 0 Å². The van der Waals surface area contributed by atoms with Gasteiger partial charge in [0.2, 0.25) is 0 Å². The lowest BCUT2D eigenvalue weighted by molar-refractivity contribution is -0.141. The van der Waals surface area contributed by atoms with Crippen molar-refractivity contribution in [2.75, 3.05) is 40.0 Å². The Kier molecular flexibility index (Phi) is 10.9. The van der Waals surface area contributed by atoms with Gasteiger partial charge in [-0.1, -0.05) is 6.92 Å². The van der Waals surface area contributed by atoms with Crippen LogP contribution in [0.2, 0.25) is 0 Å². The molecule has 0 aliphatic carbocycles. The molecular formula is C13H25NO6. The van der Waals surface area contributed by atoms with E-state index < -0.39 is 11.9 Å². The standard InChI is InChI=1S/C13H25NO6/c1-3-6-14(2)9-11(20-8-5-13(17)18)10-19-7-4-12(15)16/h11H,3-10H2,1-2H3,(H,15,16)(H,17,18). The number of carbonyl (C=O) groups is 2. The second-order valence-corrected chi connectivity index (χ2v) is 4.62. The molecule has 0 bridgehead atoms. The van der Waals surface area contributed by atoms with Crippen LogP contribution in [0.3, 0.4) is 0 Å². The highest BCUT2D eigenvalue weighted by Gasteiger charge is 2.13. The third-order valence-electron chi connectivity index (χ3n) is 2.55. The molecule has 2 N–H and O–H groups in total. The number of hydrogen-bond donors (Lipinski definition) is 2. The Morgan fingerprint density at radius 2 is 1.75 bits per heavy atom. The van der Waals surface area contributed by atoms with E-state index in [9.17, 15) is 9.59 Å². The minimum absolute atomic E-state index is 0.0490. The highest BCUT2D eigenvalue weighted by Crippen LogP contribution is 2.00. The molecule has 0 aliphatic rings. The van der Waals surface area contributed by atoms with Crippen molar-refractivity contribution in [3.63, 3.8) is 0 Å². The largest absolute Gasteiger partial charge is 0.481 e. The van der Waals surface area contributed by atoms with Gasteiger partial charge in [0, 0.05) is 6.54 Å². The highest BCUT2D eigenvalue weighted by atomic mass is 16.5. The van der Waals surface area contributed by atoms with Gasteiger partial charge in [-0.15, -0.1) is 0 Å². The van der Waals surface area contributed by atoms with Crippen molar-refractivity contribution in [1.29, 1.82) is 0 Å². The fourth-order valence-electron chi connectivity index (χ4n) is 1.66. The Morgan fingerprint density at radius 1 is 1.15 bits per heavy atom. The number of ether oxygens (including phenoxy) is 2. The molecule has 0 saturated heterocycles. The molecule has 1 atom stereocenters. The summed E-state index contributed by atoms with van der Waals surface area (Å²) in [4.78, 5) is 22.9. The normalized spacial score (nSPS) is 12.6. The van der Waals surface area contributed by atoms with Crippen LogP contribution in [0.25, 0.3) is 0 Å². The summed E-state index contributed by atoms with van der Waals surface area (Å²) in [7, 11) is 1.95. The maximum Gasteiger partial charge on any atom is 0.305 e. The second-order valence-electron chi connectivity index (χ2n) is 4.62. The minimum atomic E-state index is -0.906. The average Bonchev–Trinajstić information content (AvgIpc) is 2.33. The maximum atomic E-state index is 10.5. The van der Waals surface area contributed by atoms with Crippen molar-refractivity contribution in [3.8, 4) is 0 Å². The Bertz CT molecular complexity index is 284. The first-order valence-corrected chi connectivity index (χ1v) is 6.77. The molecule has 0 aromatic rings. The Hall–Kier alpha value is -1.18. The van der Waals surface area contributed by atoms with Gasteiger partial charge in [-0.25, -0.2) is 0 Å². The van der Waals surface area contributed by atoms with E-state index in [0.717, 1.165) is 13.0 Å². The molecule has 1 unspecified atom stereocenters. The monoisotopic (exact) mass is 291 g/mol. The Balaban J connectivity index is 4.02. The Morgan fingerprint density at radius 3 is 2.30 bits per heavy atom. The molecule has 118 valence electrons. The molecule has 0 aromatic heterocycles. The first-order chi connectivity index (χ1) is 9.45. The summed E-state index contributed by atoms with van der Waals surface area (Å²) in [5.41, 5.74) is 0. The van der Waals surface area contributed by atoms with Gasteiger partial charge in [0.05, 0.1) is 38.8 Å². The van der Waals surface area contributed by atoms with Crippen molar-refractivity contribution < 1.29 is 29.3 Å². The van der Waals surface area contributed by atoms with Gasteiger partial charge >= 0.3 is 11.9 Å². The van der Waals surface area contributed by atoms with Gasteiger partial charge in [-0.3, -0.25) is 9.59 Å². The van der Waals surface area contributed by atoms with Gasteiger partial charge in [-0.05, 0) is 20.0 Å². The van der Waals surface area contributed by atoms with Gasteiger partial charge < -0.3 is 24.6 Å². The van der Waals surface area contributed by atoms with Gasteiger partial charge in [0.25, 0.3) is 0 Å². The number of rotatable bonds is 13. The predicted molar refractivity (Wildman–Crippen MR) is 72.9 cm³/mol. The average molecular weight is 291 g/mol. The number of hydrogen-bond acceptors (Lipinski definition) is 5. The van der Waals surface area contributed by atoms with Crippen molar-refractivity contribution in [3.05, 3.63) is 0 Å². The molecule has 0 amide bonds. The number of carboxylic acids is 2. The van der Waals surface area contributed by atoms with Crippen LogP contribution in [0.1, 0.15) is 26.2 Å². The zero-order chi connectivity index (χ0) is 15.4. The van der Waals surface area contributed by atoms with Crippen LogP contribution in [0.4, 0.5) is 0 Å². The van der Waals surface area contributed by atoms with Gasteiger partial charge in [0.1, 0.15) is 0 Å². The number of carboxylic acid groups (broad SMARTS) is 2. The first-order valence-electron chi connectivity index (χ1n) is 6.77. The minimum Gasteiger partial charge on any atom is -0.481 e. The SMILES string of the molecule is CCCN(C)CC(COCCC(=O)O)OCCC(=O)O. The van der Waals surface area contributed by atoms with Crippen molar-refractivity contribution >= 4 is 11.9 Å². The molecule has 0 heterocycles. The maximum absolute atomic E-state index is 10.5. The predicted octanol–water partition coefficient (Wildman–Crippen LogP) is 0.679. The van der Waals surface area contributed by atoms with Crippen LogP contribution in [0.5, 0.6) is 0 Å². The smallest absolute Gasteiger partial charge is 0.305 e.